The van der Waals surface area contributed by atoms with Gasteiger partial charge in [0.25, 0.3) is 0 Å². The topological polar surface area (TPSA) is 12.4 Å². The molecule has 2 rings (SSSR count). The summed E-state index contributed by atoms with van der Waals surface area (Å²) in [5.74, 6) is 6.91. The lowest BCUT2D eigenvalue weighted by Crippen LogP contribution is -2.03. The molecule has 1 aliphatic carbocycles. The van der Waals surface area contributed by atoms with Crippen LogP contribution in [0.5, 0.6) is 0 Å². The normalized spacial score (nSPS) is 15.7. The van der Waals surface area contributed by atoms with Crippen molar-refractivity contribution < 1.29 is 0 Å². The summed E-state index contributed by atoms with van der Waals surface area (Å²) < 4.78 is 0. The van der Waals surface area contributed by atoms with Gasteiger partial charge in [0.2, 0.25) is 0 Å². The van der Waals surface area contributed by atoms with Gasteiger partial charge in [0.15, 0.2) is 0 Å². The summed E-state index contributed by atoms with van der Waals surface area (Å²) in [6, 6.07) is 4.41. The number of benzene rings is 1. The monoisotopic (exact) mass is 305 g/mol. The van der Waals surface area contributed by atoms with Gasteiger partial charge >= 0.3 is 0 Å². The highest BCUT2D eigenvalue weighted by molar-refractivity contribution is 6.05. The number of allylic oxidation sites excluding steroid dienone is 4. The van der Waals surface area contributed by atoms with Crippen molar-refractivity contribution in [1.29, 1.82) is 0 Å². The number of aliphatic imine (C=N–C) groups is 1. The quantitative estimate of drug-likeness (QED) is 0.367. The van der Waals surface area contributed by atoms with E-state index in [0.717, 1.165) is 36.2 Å². The molecule has 1 aromatic carbocycles. The molecule has 120 valence electrons. The Hall–Kier alpha value is -2.07. The molecule has 1 aromatic rings. The Labute approximate surface area is 141 Å². The summed E-state index contributed by atoms with van der Waals surface area (Å²) in [6.07, 6.45) is 9.97. The van der Waals surface area contributed by atoms with Crippen molar-refractivity contribution in [3.63, 3.8) is 0 Å². The zero-order valence-electron chi connectivity index (χ0n) is 15.0. The first-order chi connectivity index (χ1) is 11.0. The highest BCUT2D eigenvalue weighted by atomic mass is 14.8. The van der Waals surface area contributed by atoms with Gasteiger partial charge in [-0.2, -0.15) is 0 Å². The van der Waals surface area contributed by atoms with Crippen molar-refractivity contribution in [3.8, 4) is 11.8 Å². The zero-order chi connectivity index (χ0) is 16.8. The summed E-state index contributed by atoms with van der Waals surface area (Å²) >= 11 is 0. The van der Waals surface area contributed by atoms with Crippen LogP contribution in [0.2, 0.25) is 0 Å². The fourth-order valence-electron chi connectivity index (χ4n) is 2.90. The van der Waals surface area contributed by atoms with Crippen LogP contribution >= 0.6 is 0 Å². The molecule has 0 N–H and O–H groups in total. The lowest BCUT2D eigenvalue weighted by Gasteiger charge is -2.10. The molecule has 0 bridgehead atoms. The maximum atomic E-state index is 4.97. The van der Waals surface area contributed by atoms with Crippen molar-refractivity contribution in [2.75, 3.05) is 0 Å². The number of aryl methyl sites for hydroxylation is 3. The number of hydrogen-bond donors (Lipinski definition) is 0. The summed E-state index contributed by atoms with van der Waals surface area (Å²) in [4.78, 5) is 4.97. The lowest BCUT2D eigenvalue weighted by atomic mass is 9.99. The standard InChI is InChI=1S/C22H27N/c1-6-10-20(15-19-11-8-9-12-19)21(7-2)23-22-14-17(4)16(3)13-18(22)5/h8-9,13-15,19H,7,11-12H2,1-5H3/b20-15+,23-21?. The van der Waals surface area contributed by atoms with Crippen LogP contribution in [-0.2, 0) is 0 Å². The van der Waals surface area contributed by atoms with E-state index in [9.17, 15) is 0 Å². The van der Waals surface area contributed by atoms with E-state index in [1.165, 1.54) is 16.7 Å². The Bertz CT molecular complexity index is 712. The molecule has 0 atom stereocenters. The molecule has 0 unspecified atom stereocenters. The highest BCUT2D eigenvalue weighted by Gasteiger charge is 2.11. The van der Waals surface area contributed by atoms with Gasteiger partial charge < -0.3 is 0 Å². The van der Waals surface area contributed by atoms with E-state index >= 15 is 0 Å². The Morgan fingerprint density at radius 3 is 2.39 bits per heavy atom. The third-order valence-corrected chi connectivity index (χ3v) is 4.42. The molecule has 1 aliphatic rings. The molecule has 0 heterocycles. The third kappa shape index (κ3) is 4.45. The van der Waals surface area contributed by atoms with Crippen LogP contribution in [0.3, 0.4) is 0 Å². The maximum absolute atomic E-state index is 4.97. The summed E-state index contributed by atoms with van der Waals surface area (Å²) in [7, 11) is 0. The third-order valence-electron chi connectivity index (χ3n) is 4.42. The second kappa shape index (κ2) is 7.97. The van der Waals surface area contributed by atoms with Crippen LogP contribution in [0.4, 0.5) is 5.69 Å². The Morgan fingerprint density at radius 1 is 1.13 bits per heavy atom. The summed E-state index contributed by atoms with van der Waals surface area (Å²) in [5, 5.41) is 0. The van der Waals surface area contributed by atoms with E-state index in [2.05, 4.69) is 69.9 Å². The second-order valence-electron chi connectivity index (χ2n) is 6.29. The minimum atomic E-state index is 0.573. The molecule has 0 radical (unpaired) electrons. The Morgan fingerprint density at radius 2 is 1.78 bits per heavy atom. The van der Waals surface area contributed by atoms with E-state index in [-0.39, 0.29) is 0 Å². The van der Waals surface area contributed by atoms with Gasteiger partial charge in [0.05, 0.1) is 11.4 Å². The maximum Gasteiger partial charge on any atom is 0.0665 e. The zero-order valence-corrected chi connectivity index (χ0v) is 15.0. The van der Waals surface area contributed by atoms with Gasteiger partial charge in [-0.05, 0) is 75.6 Å². The molecule has 1 nitrogen and oxygen atoms in total. The summed E-state index contributed by atoms with van der Waals surface area (Å²) in [5.41, 5.74) is 7.10. The largest absolute Gasteiger partial charge is 0.252 e. The predicted molar refractivity (Wildman–Crippen MR) is 101 cm³/mol. The molecular formula is C22H27N. The van der Waals surface area contributed by atoms with Crippen molar-refractivity contribution in [3.05, 3.63) is 52.6 Å². The second-order valence-corrected chi connectivity index (χ2v) is 6.29. The van der Waals surface area contributed by atoms with Crippen LogP contribution in [0.15, 0.2) is 40.9 Å². The molecular weight excluding hydrogens is 278 g/mol. The smallest absolute Gasteiger partial charge is 0.0665 e. The first kappa shape index (κ1) is 17.3. The molecule has 0 fully saturated rings. The minimum Gasteiger partial charge on any atom is -0.252 e. The molecule has 23 heavy (non-hydrogen) atoms. The molecule has 0 aliphatic heterocycles. The van der Waals surface area contributed by atoms with E-state index in [4.69, 9.17) is 4.99 Å². The van der Waals surface area contributed by atoms with Gasteiger partial charge in [-0.1, -0.05) is 37.1 Å². The minimum absolute atomic E-state index is 0.573. The number of rotatable bonds is 4. The predicted octanol–water partition coefficient (Wildman–Crippen LogP) is 6.01. The van der Waals surface area contributed by atoms with Gasteiger partial charge in [-0.15, -0.1) is 5.92 Å². The van der Waals surface area contributed by atoms with Crippen molar-refractivity contribution in [2.45, 2.75) is 53.9 Å². The first-order valence-electron chi connectivity index (χ1n) is 8.50. The van der Waals surface area contributed by atoms with E-state index in [1.54, 1.807) is 0 Å². The first-order valence-corrected chi connectivity index (χ1v) is 8.50. The molecule has 1 heteroatoms. The lowest BCUT2D eigenvalue weighted by molar-refractivity contribution is 0.715. The van der Waals surface area contributed by atoms with Crippen molar-refractivity contribution in [1.82, 2.24) is 0 Å². The van der Waals surface area contributed by atoms with Gasteiger partial charge in [0, 0.05) is 5.57 Å². The fourth-order valence-corrected chi connectivity index (χ4v) is 2.90. The summed E-state index contributed by atoms with van der Waals surface area (Å²) in [6.45, 7) is 10.5. The van der Waals surface area contributed by atoms with Crippen LogP contribution < -0.4 is 0 Å². The molecule has 0 saturated heterocycles. The molecule has 0 amide bonds. The Balaban J connectivity index is 2.42. The molecule has 0 spiro atoms. The van der Waals surface area contributed by atoms with Crippen LogP contribution in [0, 0.1) is 38.5 Å². The number of nitrogens with zero attached hydrogens (tertiary/aromatic N) is 1. The van der Waals surface area contributed by atoms with Gasteiger partial charge in [-0.25, -0.2) is 0 Å². The average molecular weight is 305 g/mol. The molecule has 0 saturated carbocycles. The van der Waals surface area contributed by atoms with E-state index in [0.29, 0.717) is 5.92 Å². The van der Waals surface area contributed by atoms with Gasteiger partial charge in [-0.3, -0.25) is 4.99 Å². The van der Waals surface area contributed by atoms with E-state index in [1.807, 2.05) is 6.92 Å². The van der Waals surface area contributed by atoms with E-state index < -0.39 is 0 Å². The Kier molecular flexibility index (Phi) is 5.99. The molecule has 0 aromatic heterocycles. The van der Waals surface area contributed by atoms with Crippen molar-refractivity contribution >= 4 is 11.4 Å². The van der Waals surface area contributed by atoms with Gasteiger partial charge in [0.1, 0.15) is 0 Å². The van der Waals surface area contributed by atoms with Crippen molar-refractivity contribution in [2.24, 2.45) is 10.9 Å². The average Bonchev–Trinajstić information content (AvgIpc) is 3.02. The SMILES string of the molecule is CC#C/C(=C\C1CC=CC1)C(CC)=Nc1cc(C)c(C)cc1C. The van der Waals surface area contributed by atoms with Crippen LogP contribution in [-0.4, -0.2) is 5.71 Å². The highest BCUT2D eigenvalue weighted by Crippen LogP contribution is 2.26. The number of hydrogen-bond acceptors (Lipinski definition) is 1. The van der Waals surface area contributed by atoms with Crippen LogP contribution in [0.1, 0.15) is 49.8 Å². The fraction of sp³-hybridized carbons (Fsp3) is 0.409. The van der Waals surface area contributed by atoms with Crippen LogP contribution in [0.25, 0.3) is 0 Å².